The van der Waals surface area contributed by atoms with Gasteiger partial charge in [-0.15, -0.1) is 0 Å². The minimum absolute atomic E-state index is 0.00988. The number of piperazine rings is 1. The zero-order chi connectivity index (χ0) is 23.8. The highest BCUT2D eigenvalue weighted by Crippen LogP contribution is 2.41. The fourth-order valence-electron chi connectivity index (χ4n) is 4.62. The van der Waals surface area contributed by atoms with Gasteiger partial charge in [-0.2, -0.15) is 14.8 Å². The van der Waals surface area contributed by atoms with Gasteiger partial charge in [0.15, 0.2) is 5.75 Å². The Morgan fingerprint density at radius 2 is 1.73 bits per heavy atom. The van der Waals surface area contributed by atoms with Crippen LogP contribution >= 0.6 is 0 Å². The van der Waals surface area contributed by atoms with E-state index in [1.54, 1.807) is 19.1 Å². The summed E-state index contributed by atoms with van der Waals surface area (Å²) in [6, 6.07) is 12.2. The summed E-state index contributed by atoms with van der Waals surface area (Å²) in [4.78, 5) is 12.4. The third-order valence-corrected chi connectivity index (χ3v) is 7.91. The fourth-order valence-corrected chi connectivity index (χ4v) is 6.14. The third-order valence-electron chi connectivity index (χ3n) is 6.07. The first-order chi connectivity index (χ1) is 15.8. The van der Waals surface area contributed by atoms with Gasteiger partial charge in [-0.05, 0) is 44.0 Å². The average Bonchev–Trinajstić information content (AvgIpc) is 3.06. The van der Waals surface area contributed by atoms with Crippen LogP contribution in [0.3, 0.4) is 0 Å². The maximum atomic E-state index is 13.2. The van der Waals surface area contributed by atoms with Crippen LogP contribution in [-0.4, -0.2) is 49.4 Å². The largest absolute Gasteiger partial charge is 0.491 e. The Kier molecular flexibility index (Phi) is 5.93. The maximum absolute atomic E-state index is 13.2. The number of anilines is 1. The van der Waals surface area contributed by atoms with Crippen molar-refractivity contribution in [2.45, 2.75) is 36.7 Å². The molecular formula is C22H21N5O5S. The van der Waals surface area contributed by atoms with Crippen LogP contribution in [-0.2, 0) is 10.0 Å². The summed E-state index contributed by atoms with van der Waals surface area (Å²) in [5.74, 6) is 0.250. The average molecular weight is 468 g/mol. The monoisotopic (exact) mass is 467 g/mol. The number of fused-ring (bicyclic) bond motifs is 2. The minimum atomic E-state index is -3.83. The molecular weight excluding hydrogens is 446 g/mol. The van der Waals surface area contributed by atoms with Gasteiger partial charge in [-0.25, -0.2) is 8.42 Å². The van der Waals surface area contributed by atoms with Gasteiger partial charge in [-0.1, -0.05) is 0 Å². The molecule has 10 nitrogen and oxygen atoms in total. The highest BCUT2D eigenvalue weighted by molar-refractivity contribution is 7.89. The van der Waals surface area contributed by atoms with Crippen LogP contribution in [0.4, 0.5) is 11.4 Å². The molecule has 2 fully saturated rings. The second kappa shape index (κ2) is 8.70. The second-order valence-corrected chi connectivity index (χ2v) is 9.80. The van der Waals surface area contributed by atoms with Gasteiger partial charge in [0.05, 0.1) is 27.7 Å². The first-order valence-corrected chi connectivity index (χ1v) is 11.9. The summed E-state index contributed by atoms with van der Waals surface area (Å²) in [6.45, 7) is 2.54. The Morgan fingerprint density at radius 3 is 2.24 bits per heavy atom. The zero-order valence-electron chi connectivity index (χ0n) is 17.8. The number of nitro groups is 1. The lowest BCUT2D eigenvalue weighted by atomic mass is 10.0. The van der Waals surface area contributed by atoms with E-state index in [0.717, 1.165) is 12.8 Å². The van der Waals surface area contributed by atoms with Crippen LogP contribution < -0.4 is 9.64 Å². The Morgan fingerprint density at radius 1 is 1.09 bits per heavy atom. The van der Waals surface area contributed by atoms with Gasteiger partial charge in [0.2, 0.25) is 10.0 Å². The molecule has 170 valence electrons. The van der Waals surface area contributed by atoms with Gasteiger partial charge >= 0.3 is 0 Å². The molecule has 2 heterocycles. The molecule has 2 saturated heterocycles. The number of rotatable bonds is 6. The molecule has 11 heteroatoms. The summed E-state index contributed by atoms with van der Waals surface area (Å²) in [5, 5.41) is 30.1. The molecule has 2 atom stereocenters. The molecule has 0 amide bonds. The molecule has 0 aromatic heterocycles. The van der Waals surface area contributed by atoms with E-state index in [9.17, 15) is 29.1 Å². The number of non-ortho nitro benzene ring substituents is 1. The van der Waals surface area contributed by atoms with Crippen LogP contribution in [0.2, 0.25) is 0 Å². The predicted molar refractivity (Wildman–Crippen MR) is 118 cm³/mol. The van der Waals surface area contributed by atoms with E-state index in [2.05, 4.69) is 17.0 Å². The SMILES string of the molecule is CCOc1c(C#N)ccc(N2C3CCC2CN(S(=O)(=O)c2ccc([N+](=O)[O-])cc2)C3)c1C#N. The quantitative estimate of drug-likeness (QED) is 0.466. The van der Waals surface area contributed by atoms with Crippen LogP contribution in [0, 0.1) is 32.8 Å². The summed E-state index contributed by atoms with van der Waals surface area (Å²) in [5.41, 5.74) is 1.02. The molecule has 2 aliphatic rings. The number of nitrogens with zero attached hydrogens (tertiary/aromatic N) is 5. The van der Waals surface area contributed by atoms with E-state index >= 15 is 0 Å². The van der Waals surface area contributed by atoms with Crippen LogP contribution in [0.1, 0.15) is 30.9 Å². The van der Waals surface area contributed by atoms with Crippen molar-refractivity contribution in [3.63, 3.8) is 0 Å². The summed E-state index contributed by atoms with van der Waals surface area (Å²) in [6.07, 6.45) is 1.51. The minimum Gasteiger partial charge on any atom is -0.491 e. The van der Waals surface area contributed by atoms with Gasteiger partial charge in [0.25, 0.3) is 5.69 Å². The number of hydrogen-bond acceptors (Lipinski definition) is 8. The number of hydrogen-bond donors (Lipinski definition) is 0. The van der Waals surface area contributed by atoms with Crippen molar-refractivity contribution in [2.75, 3.05) is 24.6 Å². The van der Waals surface area contributed by atoms with Crippen molar-refractivity contribution in [3.05, 3.63) is 57.6 Å². The molecule has 0 aliphatic carbocycles. The smallest absolute Gasteiger partial charge is 0.269 e. The molecule has 2 bridgehead atoms. The van der Waals surface area contributed by atoms with Crippen LogP contribution in [0.15, 0.2) is 41.3 Å². The summed E-state index contributed by atoms with van der Waals surface area (Å²) in [7, 11) is -3.83. The molecule has 2 aromatic rings. The van der Waals surface area contributed by atoms with Crippen molar-refractivity contribution < 1.29 is 18.1 Å². The number of nitro benzene ring substituents is 1. The molecule has 2 aliphatic heterocycles. The standard InChI is InChI=1S/C22H21N5O5S/c1-2-32-22-15(11-23)3-10-21(20(22)12-24)26-17-4-5-18(26)14-25(13-17)33(30,31)19-8-6-16(7-9-19)27(28)29/h3,6-10,17-18H,2,4-5,13-14H2,1H3. The first-order valence-electron chi connectivity index (χ1n) is 10.4. The molecule has 0 radical (unpaired) electrons. The van der Waals surface area contributed by atoms with Gasteiger partial charge < -0.3 is 9.64 Å². The second-order valence-electron chi connectivity index (χ2n) is 7.86. The number of nitriles is 2. The third kappa shape index (κ3) is 3.86. The summed E-state index contributed by atoms with van der Waals surface area (Å²) < 4.78 is 33.4. The van der Waals surface area contributed by atoms with Crippen LogP contribution in [0.5, 0.6) is 5.75 Å². The van der Waals surface area contributed by atoms with E-state index in [4.69, 9.17) is 4.74 Å². The predicted octanol–water partition coefficient (Wildman–Crippen LogP) is 2.78. The van der Waals surface area contributed by atoms with E-state index < -0.39 is 14.9 Å². The van der Waals surface area contributed by atoms with Crippen molar-refractivity contribution >= 4 is 21.4 Å². The number of benzene rings is 2. The molecule has 0 saturated carbocycles. The molecule has 0 N–H and O–H groups in total. The lowest BCUT2D eigenvalue weighted by molar-refractivity contribution is -0.384. The van der Waals surface area contributed by atoms with Crippen molar-refractivity contribution in [2.24, 2.45) is 0 Å². The van der Waals surface area contributed by atoms with Crippen molar-refractivity contribution in [1.82, 2.24) is 4.31 Å². The molecule has 2 unspecified atom stereocenters. The van der Waals surface area contributed by atoms with Crippen molar-refractivity contribution in [3.8, 4) is 17.9 Å². The van der Waals surface area contributed by atoms with Crippen molar-refractivity contribution in [1.29, 1.82) is 10.5 Å². The molecule has 4 rings (SSSR count). The highest BCUT2D eigenvalue weighted by atomic mass is 32.2. The Bertz CT molecular complexity index is 1270. The van der Waals surface area contributed by atoms with Gasteiger partial charge in [0, 0.05) is 37.3 Å². The Hall–Kier alpha value is -3.67. The van der Waals surface area contributed by atoms with E-state index in [1.165, 1.54) is 28.6 Å². The van der Waals surface area contributed by atoms with E-state index in [0.29, 0.717) is 12.3 Å². The normalized spacial score (nSPS) is 20.2. The number of ether oxygens (including phenoxy) is 1. The lowest BCUT2D eigenvalue weighted by Gasteiger charge is -2.42. The molecule has 33 heavy (non-hydrogen) atoms. The fraction of sp³-hybridized carbons (Fsp3) is 0.364. The Labute approximate surface area is 191 Å². The topological polar surface area (TPSA) is 141 Å². The first kappa shape index (κ1) is 22.5. The van der Waals surface area contributed by atoms with Gasteiger partial charge in [-0.3, -0.25) is 10.1 Å². The van der Waals surface area contributed by atoms with Gasteiger partial charge in [0.1, 0.15) is 17.7 Å². The van der Waals surface area contributed by atoms with E-state index in [-0.39, 0.29) is 52.6 Å². The van der Waals surface area contributed by atoms with E-state index in [1.807, 2.05) is 0 Å². The molecule has 2 aromatic carbocycles. The zero-order valence-corrected chi connectivity index (χ0v) is 18.7. The highest BCUT2D eigenvalue weighted by Gasteiger charge is 2.45. The lowest BCUT2D eigenvalue weighted by Crippen LogP contribution is -2.55. The molecule has 0 spiro atoms. The summed E-state index contributed by atoms with van der Waals surface area (Å²) >= 11 is 0. The number of sulfonamides is 1. The Balaban J connectivity index is 1.64. The van der Waals surface area contributed by atoms with Crippen LogP contribution in [0.25, 0.3) is 0 Å². The maximum Gasteiger partial charge on any atom is 0.269 e.